The average Bonchev–Trinajstić information content (AvgIpc) is 3.67. The molecule has 1 unspecified atom stereocenters. The van der Waals surface area contributed by atoms with E-state index in [-0.39, 0.29) is 18.1 Å². The first-order chi connectivity index (χ1) is 18.0. The van der Waals surface area contributed by atoms with Crippen LogP contribution in [0.3, 0.4) is 0 Å². The lowest BCUT2D eigenvalue weighted by molar-refractivity contribution is -0.140. The second-order valence-corrected chi connectivity index (χ2v) is 9.07. The fourth-order valence-corrected chi connectivity index (χ4v) is 5.16. The minimum Gasteiger partial charge on any atom is -0.507 e. The SMILES string of the molecule is COc1ccc(C(O)=C2C(=O)C(=O)N(CCN3CCCC3)C2c2cc(OC)c3c(c2)OCO3)cc1OC. The van der Waals surface area contributed by atoms with Crippen molar-refractivity contribution < 1.29 is 38.4 Å². The molecule has 2 saturated heterocycles. The van der Waals surface area contributed by atoms with Crippen molar-refractivity contribution in [2.75, 3.05) is 54.3 Å². The molecule has 0 saturated carbocycles. The largest absolute Gasteiger partial charge is 0.507 e. The summed E-state index contributed by atoms with van der Waals surface area (Å²) in [5.74, 6) is 0.466. The average molecular weight is 511 g/mol. The van der Waals surface area contributed by atoms with Gasteiger partial charge in [-0.15, -0.1) is 0 Å². The second kappa shape index (κ2) is 10.2. The number of fused-ring (bicyclic) bond motifs is 1. The van der Waals surface area contributed by atoms with Gasteiger partial charge < -0.3 is 38.6 Å². The summed E-state index contributed by atoms with van der Waals surface area (Å²) >= 11 is 0. The van der Waals surface area contributed by atoms with Crippen LogP contribution in [0.15, 0.2) is 35.9 Å². The molecule has 2 fully saturated rings. The lowest BCUT2D eigenvalue weighted by atomic mass is 9.94. The number of hydrogen-bond donors (Lipinski definition) is 1. The molecule has 10 nitrogen and oxygen atoms in total. The van der Waals surface area contributed by atoms with Crippen LogP contribution in [0.25, 0.3) is 5.76 Å². The van der Waals surface area contributed by atoms with E-state index in [4.69, 9.17) is 23.7 Å². The van der Waals surface area contributed by atoms with Gasteiger partial charge >= 0.3 is 0 Å². The van der Waals surface area contributed by atoms with Crippen LogP contribution in [0.2, 0.25) is 0 Å². The van der Waals surface area contributed by atoms with E-state index in [1.807, 2.05) is 0 Å². The Bertz CT molecular complexity index is 1250. The Balaban J connectivity index is 1.62. The molecule has 1 N–H and O–H groups in total. The predicted molar refractivity (Wildman–Crippen MR) is 133 cm³/mol. The number of nitrogens with zero attached hydrogens (tertiary/aromatic N) is 2. The molecular formula is C27H30N2O8. The van der Waals surface area contributed by atoms with E-state index in [0.29, 0.717) is 53.0 Å². The first-order valence-electron chi connectivity index (χ1n) is 12.2. The van der Waals surface area contributed by atoms with Gasteiger partial charge in [0.2, 0.25) is 12.5 Å². The highest BCUT2D eigenvalue weighted by atomic mass is 16.7. The predicted octanol–water partition coefficient (Wildman–Crippen LogP) is 2.96. The zero-order chi connectivity index (χ0) is 26.1. The molecule has 10 heteroatoms. The number of methoxy groups -OCH3 is 3. The van der Waals surface area contributed by atoms with Crippen molar-refractivity contribution in [2.24, 2.45) is 0 Å². The molecule has 196 valence electrons. The van der Waals surface area contributed by atoms with Crippen LogP contribution in [0.4, 0.5) is 0 Å². The second-order valence-electron chi connectivity index (χ2n) is 9.07. The summed E-state index contributed by atoms with van der Waals surface area (Å²) in [5.41, 5.74) is 0.885. The van der Waals surface area contributed by atoms with Gasteiger partial charge in [-0.1, -0.05) is 0 Å². The first kappa shape index (κ1) is 24.8. The maximum atomic E-state index is 13.4. The Labute approximate surface area is 214 Å². The number of amides is 1. The van der Waals surface area contributed by atoms with Crippen LogP contribution in [0, 0.1) is 0 Å². The summed E-state index contributed by atoms with van der Waals surface area (Å²) in [5, 5.41) is 11.4. The van der Waals surface area contributed by atoms with E-state index >= 15 is 0 Å². The number of aliphatic hydroxyl groups is 1. The standard InChI is InChI=1S/C27H30N2O8/c1-33-18-7-6-16(12-19(18)34-2)24(30)22-23(17-13-20(35-3)26-21(14-17)36-15-37-26)29(27(32)25(22)31)11-10-28-8-4-5-9-28/h6-7,12-14,23,30H,4-5,8-11,15H2,1-3H3. The van der Waals surface area contributed by atoms with Crippen molar-refractivity contribution in [1.82, 2.24) is 9.80 Å². The fraction of sp³-hybridized carbons (Fsp3) is 0.407. The van der Waals surface area contributed by atoms with E-state index in [2.05, 4.69) is 4.90 Å². The van der Waals surface area contributed by atoms with Gasteiger partial charge in [-0.2, -0.15) is 0 Å². The minimum absolute atomic E-state index is 0.0143. The van der Waals surface area contributed by atoms with E-state index in [0.717, 1.165) is 25.9 Å². The molecular weight excluding hydrogens is 480 g/mol. The number of Topliss-reactive ketones (excluding diaryl/α,β-unsaturated/α-hetero) is 1. The number of likely N-dealkylation sites (tertiary alicyclic amines) is 2. The normalized spacial score (nSPS) is 20.5. The van der Waals surface area contributed by atoms with Gasteiger partial charge in [-0.05, 0) is 61.8 Å². The number of rotatable bonds is 8. The van der Waals surface area contributed by atoms with Gasteiger partial charge in [-0.3, -0.25) is 9.59 Å². The van der Waals surface area contributed by atoms with Crippen molar-refractivity contribution in [3.63, 3.8) is 0 Å². The Morgan fingerprint density at radius 3 is 2.38 bits per heavy atom. The maximum Gasteiger partial charge on any atom is 0.295 e. The molecule has 3 aliphatic rings. The molecule has 1 atom stereocenters. The lowest BCUT2D eigenvalue weighted by Gasteiger charge is -2.27. The van der Waals surface area contributed by atoms with Gasteiger partial charge in [0.1, 0.15) is 5.76 Å². The molecule has 37 heavy (non-hydrogen) atoms. The lowest BCUT2D eigenvalue weighted by Crippen LogP contribution is -2.37. The summed E-state index contributed by atoms with van der Waals surface area (Å²) in [7, 11) is 4.50. The third-order valence-electron chi connectivity index (χ3n) is 7.05. The molecule has 3 heterocycles. The highest BCUT2D eigenvalue weighted by molar-refractivity contribution is 6.46. The molecule has 5 rings (SSSR count). The fourth-order valence-electron chi connectivity index (χ4n) is 5.16. The third-order valence-corrected chi connectivity index (χ3v) is 7.05. The van der Waals surface area contributed by atoms with E-state index in [1.165, 1.54) is 26.2 Å². The Kier molecular flexibility index (Phi) is 6.84. The number of carbonyl (C=O) groups is 2. The number of benzene rings is 2. The first-order valence-corrected chi connectivity index (χ1v) is 12.2. The van der Waals surface area contributed by atoms with Crippen LogP contribution in [0.5, 0.6) is 28.7 Å². The van der Waals surface area contributed by atoms with Crippen LogP contribution < -0.4 is 23.7 Å². The van der Waals surface area contributed by atoms with E-state index in [1.54, 1.807) is 30.3 Å². The smallest absolute Gasteiger partial charge is 0.295 e. The summed E-state index contributed by atoms with van der Waals surface area (Å²) < 4.78 is 27.3. The molecule has 1 amide bonds. The maximum absolute atomic E-state index is 13.4. The molecule has 0 aromatic heterocycles. The van der Waals surface area contributed by atoms with Crippen LogP contribution in [-0.4, -0.2) is 80.9 Å². The van der Waals surface area contributed by atoms with E-state index in [9.17, 15) is 14.7 Å². The van der Waals surface area contributed by atoms with Crippen molar-refractivity contribution in [1.29, 1.82) is 0 Å². The third kappa shape index (κ3) is 4.42. The molecule has 0 radical (unpaired) electrons. The zero-order valence-corrected chi connectivity index (χ0v) is 21.1. The van der Waals surface area contributed by atoms with Crippen molar-refractivity contribution >= 4 is 17.4 Å². The zero-order valence-electron chi connectivity index (χ0n) is 21.1. The summed E-state index contributed by atoms with van der Waals surface area (Å²) in [4.78, 5) is 30.5. The molecule has 0 aliphatic carbocycles. The number of ether oxygens (including phenoxy) is 5. The van der Waals surface area contributed by atoms with Crippen LogP contribution in [-0.2, 0) is 9.59 Å². The topological polar surface area (TPSA) is 107 Å². The number of carbonyl (C=O) groups excluding carboxylic acids is 2. The number of aliphatic hydroxyl groups excluding tert-OH is 1. The molecule has 2 aromatic rings. The van der Waals surface area contributed by atoms with Crippen LogP contribution >= 0.6 is 0 Å². The van der Waals surface area contributed by atoms with Crippen molar-refractivity contribution in [3.05, 3.63) is 47.0 Å². The number of ketones is 1. The van der Waals surface area contributed by atoms with Crippen molar-refractivity contribution in [2.45, 2.75) is 18.9 Å². The molecule has 2 aromatic carbocycles. The van der Waals surface area contributed by atoms with Gasteiger partial charge in [0.25, 0.3) is 11.7 Å². The quantitative estimate of drug-likeness (QED) is 0.326. The van der Waals surface area contributed by atoms with Gasteiger partial charge in [0.05, 0.1) is 32.9 Å². The highest BCUT2D eigenvalue weighted by Crippen LogP contribution is 2.47. The Morgan fingerprint density at radius 2 is 1.68 bits per heavy atom. The van der Waals surface area contributed by atoms with Gasteiger partial charge in [0.15, 0.2) is 23.0 Å². The highest BCUT2D eigenvalue weighted by Gasteiger charge is 2.47. The van der Waals surface area contributed by atoms with Gasteiger partial charge in [-0.25, -0.2) is 0 Å². The molecule has 3 aliphatic heterocycles. The van der Waals surface area contributed by atoms with Gasteiger partial charge in [0, 0.05) is 18.7 Å². The van der Waals surface area contributed by atoms with Crippen LogP contribution in [0.1, 0.15) is 30.0 Å². The Morgan fingerprint density at radius 1 is 0.946 bits per heavy atom. The summed E-state index contributed by atoms with van der Waals surface area (Å²) in [6.45, 7) is 2.91. The Hall–Kier alpha value is -3.92. The van der Waals surface area contributed by atoms with E-state index < -0.39 is 17.7 Å². The molecule has 0 spiro atoms. The number of hydrogen-bond acceptors (Lipinski definition) is 9. The summed E-state index contributed by atoms with van der Waals surface area (Å²) in [6.07, 6.45) is 2.22. The molecule has 0 bridgehead atoms. The summed E-state index contributed by atoms with van der Waals surface area (Å²) in [6, 6.07) is 7.42. The minimum atomic E-state index is -0.848. The van der Waals surface area contributed by atoms with Crippen molar-refractivity contribution in [3.8, 4) is 28.7 Å². The monoisotopic (exact) mass is 510 g/mol.